The Kier molecular flexibility index (Phi) is 3.41. The number of carbonyl (C=O) groups is 1. The first-order valence-electron chi connectivity index (χ1n) is 4.99. The Balaban J connectivity index is 1.89. The van der Waals surface area contributed by atoms with Crippen molar-refractivity contribution in [2.45, 2.75) is 18.9 Å². The zero-order valence-electron chi connectivity index (χ0n) is 8.76. The second-order valence-electron chi connectivity index (χ2n) is 4.04. The molecule has 7 heteroatoms. The van der Waals surface area contributed by atoms with Crippen LogP contribution >= 0.6 is 22.9 Å². The number of hydrogen-bond donors (Lipinski definition) is 1. The summed E-state index contributed by atoms with van der Waals surface area (Å²) in [5.74, 6) is 0.234. The number of aliphatic hydroxyl groups excluding tert-OH is 1. The molecule has 1 aliphatic rings. The number of aliphatic hydroxyl groups is 1. The number of carbonyl (C=O) groups excluding carboxylic acids is 1. The van der Waals surface area contributed by atoms with Crippen molar-refractivity contribution in [1.29, 1.82) is 0 Å². The lowest BCUT2D eigenvalue weighted by atomic mass is 9.82. The minimum atomic E-state index is -0.190. The number of halogens is 1. The van der Waals surface area contributed by atoms with Crippen LogP contribution in [0, 0.1) is 5.92 Å². The summed E-state index contributed by atoms with van der Waals surface area (Å²) < 4.78 is 0.274. The van der Waals surface area contributed by atoms with Crippen LogP contribution in [0.25, 0.3) is 0 Å². The van der Waals surface area contributed by atoms with Gasteiger partial charge >= 0.3 is 0 Å². The number of rotatable bonds is 3. The van der Waals surface area contributed by atoms with Crippen LogP contribution in [0.3, 0.4) is 0 Å². The van der Waals surface area contributed by atoms with E-state index in [2.05, 4.69) is 10.2 Å². The summed E-state index contributed by atoms with van der Waals surface area (Å²) in [7, 11) is 1.72. The molecule has 5 nitrogen and oxygen atoms in total. The highest BCUT2D eigenvalue weighted by Gasteiger charge is 2.29. The van der Waals surface area contributed by atoms with Crippen LogP contribution in [-0.2, 0) is 0 Å². The molecule has 0 spiro atoms. The Morgan fingerprint density at radius 2 is 2.31 bits per heavy atom. The van der Waals surface area contributed by atoms with Crippen molar-refractivity contribution in [1.82, 2.24) is 15.1 Å². The standard InChI is InChI=1S/C9H12ClN3O2S/c1-13(4-5-2-6(14)3-5)8(15)7-11-12-9(10)16-7/h5-6,14H,2-4H2,1H3. The van der Waals surface area contributed by atoms with Crippen molar-refractivity contribution in [2.75, 3.05) is 13.6 Å². The van der Waals surface area contributed by atoms with Gasteiger partial charge in [0.25, 0.3) is 5.91 Å². The lowest BCUT2D eigenvalue weighted by Gasteiger charge is -2.34. The quantitative estimate of drug-likeness (QED) is 0.883. The SMILES string of the molecule is CN(CC1CC(O)C1)C(=O)c1nnc(Cl)s1. The topological polar surface area (TPSA) is 66.3 Å². The molecule has 0 aromatic carbocycles. The molecule has 1 fully saturated rings. The molecule has 0 unspecified atom stereocenters. The van der Waals surface area contributed by atoms with Crippen LogP contribution < -0.4 is 0 Å². The van der Waals surface area contributed by atoms with Gasteiger partial charge in [0, 0.05) is 13.6 Å². The first kappa shape index (κ1) is 11.8. The maximum absolute atomic E-state index is 11.8. The Labute approximate surface area is 102 Å². The Morgan fingerprint density at radius 3 is 2.81 bits per heavy atom. The fourth-order valence-corrected chi connectivity index (χ4v) is 2.60. The van der Waals surface area contributed by atoms with Gasteiger partial charge in [0.05, 0.1) is 6.10 Å². The largest absolute Gasteiger partial charge is 0.393 e. The number of aromatic nitrogens is 2. The molecule has 0 aliphatic heterocycles. The van der Waals surface area contributed by atoms with Crippen molar-refractivity contribution >= 4 is 28.8 Å². The molecule has 1 heterocycles. The second-order valence-corrected chi connectivity index (χ2v) is 5.60. The van der Waals surface area contributed by atoms with Crippen LogP contribution in [0.15, 0.2) is 0 Å². The maximum atomic E-state index is 11.8. The summed E-state index contributed by atoms with van der Waals surface area (Å²) in [4.78, 5) is 13.4. The fourth-order valence-electron chi connectivity index (χ4n) is 1.77. The highest BCUT2D eigenvalue weighted by atomic mass is 35.5. The number of amides is 1. The summed E-state index contributed by atoms with van der Waals surface area (Å²) >= 11 is 6.69. The van der Waals surface area contributed by atoms with Gasteiger partial charge in [0.2, 0.25) is 9.47 Å². The van der Waals surface area contributed by atoms with Crippen molar-refractivity contribution in [3.63, 3.8) is 0 Å². The van der Waals surface area contributed by atoms with E-state index in [4.69, 9.17) is 16.7 Å². The van der Waals surface area contributed by atoms with E-state index in [1.807, 2.05) is 0 Å². The van der Waals surface area contributed by atoms with E-state index < -0.39 is 0 Å². The van der Waals surface area contributed by atoms with E-state index in [1.54, 1.807) is 11.9 Å². The first-order valence-corrected chi connectivity index (χ1v) is 6.18. The van der Waals surface area contributed by atoms with E-state index in [0.29, 0.717) is 17.5 Å². The molecule has 1 aromatic rings. The summed E-state index contributed by atoms with van der Waals surface area (Å²) in [5, 5.41) is 16.8. The Hall–Kier alpha value is -0.720. The second kappa shape index (κ2) is 4.65. The van der Waals surface area contributed by atoms with Crippen molar-refractivity contribution in [2.24, 2.45) is 5.92 Å². The molecule has 2 rings (SSSR count). The van der Waals surface area contributed by atoms with Gasteiger partial charge in [0.15, 0.2) is 0 Å². The van der Waals surface area contributed by atoms with Gasteiger partial charge in [-0.15, -0.1) is 10.2 Å². The number of nitrogens with zero attached hydrogens (tertiary/aromatic N) is 3. The average molecular weight is 262 g/mol. The average Bonchev–Trinajstić information content (AvgIpc) is 2.61. The van der Waals surface area contributed by atoms with Crippen molar-refractivity contribution in [3.05, 3.63) is 9.47 Å². The molecule has 88 valence electrons. The van der Waals surface area contributed by atoms with E-state index in [0.717, 1.165) is 24.2 Å². The fraction of sp³-hybridized carbons (Fsp3) is 0.667. The molecule has 0 saturated heterocycles. The summed E-state index contributed by atoms with van der Waals surface area (Å²) in [6.07, 6.45) is 1.35. The summed E-state index contributed by atoms with van der Waals surface area (Å²) in [5.41, 5.74) is 0. The third-order valence-corrected chi connectivity index (χ3v) is 3.68. The lowest BCUT2D eigenvalue weighted by molar-refractivity contribution is 0.0265. The van der Waals surface area contributed by atoms with E-state index >= 15 is 0 Å². The molecule has 0 atom stereocenters. The van der Waals surface area contributed by atoms with Crippen molar-refractivity contribution in [3.8, 4) is 0 Å². The zero-order valence-corrected chi connectivity index (χ0v) is 10.3. The highest BCUT2D eigenvalue weighted by molar-refractivity contribution is 7.17. The molecular formula is C9H12ClN3O2S. The highest BCUT2D eigenvalue weighted by Crippen LogP contribution is 2.28. The van der Waals surface area contributed by atoms with Crippen LogP contribution in [-0.4, -0.2) is 45.8 Å². The number of hydrogen-bond acceptors (Lipinski definition) is 5. The van der Waals surface area contributed by atoms with Crippen LogP contribution in [0.2, 0.25) is 4.47 Å². The lowest BCUT2D eigenvalue weighted by Crippen LogP contribution is -2.39. The molecule has 0 radical (unpaired) electrons. The molecule has 1 N–H and O–H groups in total. The molecule has 16 heavy (non-hydrogen) atoms. The minimum absolute atomic E-state index is 0.161. The molecule has 0 bridgehead atoms. The van der Waals surface area contributed by atoms with E-state index in [9.17, 15) is 4.79 Å². The van der Waals surface area contributed by atoms with Crippen molar-refractivity contribution < 1.29 is 9.90 Å². The van der Waals surface area contributed by atoms with Gasteiger partial charge in [-0.1, -0.05) is 11.3 Å². The van der Waals surface area contributed by atoms with Gasteiger partial charge < -0.3 is 10.0 Å². The normalized spacial score (nSPS) is 23.9. The summed E-state index contributed by atoms with van der Waals surface area (Å²) in [6, 6.07) is 0. The Bertz CT molecular complexity index is 392. The zero-order chi connectivity index (χ0) is 11.7. The van der Waals surface area contributed by atoms with Crippen LogP contribution in [0.5, 0.6) is 0 Å². The maximum Gasteiger partial charge on any atom is 0.284 e. The predicted octanol–water partition coefficient (Wildman–Crippen LogP) is 1.03. The molecule has 1 aliphatic carbocycles. The van der Waals surface area contributed by atoms with Crippen LogP contribution in [0.1, 0.15) is 22.6 Å². The predicted molar refractivity (Wildman–Crippen MR) is 60.6 cm³/mol. The first-order chi connectivity index (χ1) is 7.56. The van der Waals surface area contributed by atoms with Gasteiger partial charge in [-0.3, -0.25) is 4.79 Å². The van der Waals surface area contributed by atoms with E-state index in [1.165, 1.54) is 0 Å². The molecule has 1 saturated carbocycles. The van der Waals surface area contributed by atoms with E-state index in [-0.39, 0.29) is 16.5 Å². The van der Waals surface area contributed by atoms with Gasteiger partial charge in [-0.05, 0) is 30.4 Å². The summed E-state index contributed by atoms with van der Waals surface area (Å²) in [6.45, 7) is 0.646. The third-order valence-electron chi connectivity index (χ3n) is 2.67. The van der Waals surface area contributed by atoms with Gasteiger partial charge in [-0.2, -0.15) is 0 Å². The molecule has 1 amide bonds. The molecule has 1 aromatic heterocycles. The smallest absolute Gasteiger partial charge is 0.284 e. The van der Waals surface area contributed by atoms with Crippen LogP contribution in [0.4, 0.5) is 0 Å². The monoisotopic (exact) mass is 261 g/mol. The van der Waals surface area contributed by atoms with Gasteiger partial charge in [0.1, 0.15) is 0 Å². The Morgan fingerprint density at radius 1 is 1.62 bits per heavy atom. The van der Waals surface area contributed by atoms with Gasteiger partial charge in [-0.25, -0.2) is 0 Å². The third kappa shape index (κ3) is 2.50. The molecular weight excluding hydrogens is 250 g/mol. The minimum Gasteiger partial charge on any atom is -0.393 e.